The number of amides is 2. The van der Waals surface area contributed by atoms with E-state index in [1.807, 2.05) is 49.4 Å². The Balaban J connectivity index is 1.52. The van der Waals surface area contributed by atoms with Gasteiger partial charge in [-0.3, -0.25) is 20.4 Å². The number of pyridine rings is 1. The van der Waals surface area contributed by atoms with Crippen LogP contribution < -0.4 is 15.8 Å². The maximum atomic E-state index is 12.6. The van der Waals surface area contributed by atoms with Crippen LogP contribution in [0.1, 0.15) is 34.8 Å². The van der Waals surface area contributed by atoms with Crippen LogP contribution in [-0.2, 0) is 11.2 Å². The van der Waals surface area contributed by atoms with Gasteiger partial charge in [0.25, 0.3) is 5.91 Å². The number of aryl methyl sites for hydroxylation is 2. The number of fused-ring (bicyclic) bond motifs is 2. The number of nitrogens with one attached hydrogen (secondary N) is 2. The van der Waals surface area contributed by atoms with E-state index in [0.717, 1.165) is 47.1 Å². The van der Waals surface area contributed by atoms with Crippen molar-refractivity contribution in [3.63, 3.8) is 0 Å². The van der Waals surface area contributed by atoms with E-state index in [0.29, 0.717) is 11.4 Å². The lowest BCUT2D eigenvalue weighted by Gasteiger charge is -2.28. The first-order valence-corrected chi connectivity index (χ1v) is 9.37. The third-order valence-corrected chi connectivity index (χ3v) is 5.05. The molecule has 0 aliphatic carbocycles. The lowest BCUT2D eigenvalue weighted by Crippen LogP contribution is -2.34. The van der Waals surface area contributed by atoms with Crippen LogP contribution in [0.5, 0.6) is 0 Å². The molecule has 1 aliphatic heterocycles. The molecule has 0 saturated carbocycles. The standard InChI is InChI=1S/C22H22N4O2/c1-14-12-16-6-3-4-8-19(16)23-21(14)24-25-22(28)18-9-10-20-17(13-18)7-5-11-26(20)15(2)27/h3-4,6,8-10,12-13H,5,7,11H2,1-2H3,(H,23,24)(H,25,28). The van der Waals surface area contributed by atoms with Gasteiger partial charge in [-0.25, -0.2) is 4.98 Å². The molecule has 0 atom stereocenters. The summed E-state index contributed by atoms with van der Waals surface area (Å²) in [5.41, 5.74) is 9.95. The normalized spacial score (nSPS) is 13.1. The van der Waals surface area contributed by atoms with Crippen LogP contribution in [0.25, 0.3) is 10.9 Å². The van der Waals surface area contributed by atoms with Gasteiger partial charge in [0, 0.05) is 30.1 Å². The number of rotatable bonds is 3. The molecule has 3 aromatic rings. The van der Waals surface area contributed by atoms with Crippen LogP contribution in [0.15, 0.2) is 48.5 Å². The van der Waals surface area contributed by atoms with Gasteiger partial charge in [0.2, 0.25) is 5.91 Å². The largest absolute Gasteiger partial charge is 0.312 e. The number of para-hydroxylation sites is 1. The number of carbonyl (C=O) groups excluding carboxylic acids is 2. The van der Waals surface area contributed by atoms with Crippen molar-refractivity contribution in [3.8, 4) is 0 Å². The molecule has 4 rings (SSSR count). The van der Waals surface area contributed by atoms with E-state index in [1.54, 1.807) is 17.9 Å². The summed E-state index contributed by atoms with van der Waals surface area (Å²) in [6, 6.07) is 15.4. The van der Waals surface area contributed by atoms with E-state index in [2.05, 4.69) is 15.8 Å². The minimum Gasteiger partial charge on any atom is -0.312 e. The number of benzene rings is 2. The second-order valence-corrected chi connectivity index (χ2v) is 7.04. The molecule has 2 amide bonds. The summed E-state index contributed by atoms with van der Waals surface area (Å²) in [7, 11) is 0. The Kier molecular flexibility index (Phi) is 4.69. The number of aromatic nitrogens is 1. The zero-order chi connectivity index (χ0) is 19.7. The second kappa shape index (κ2) is 7.31. The van der Waals surface area contributed by atoms with Crippen LogP contribution in [-0.4, -0.2) is 23.3 Å². The Morgan fingerprint density at radius 2 is 1.93 bits per heavy atom. The quantitative estimate of drug-likeness (QED) is 0.687. The number of hydrazine groups is 1. The number of hydrogen-bond donors (Lipinski definition) is 2. The van der Waals surface area contributed by atoms with Crippen molar-refractivity contribution in [3.05, 3.63) is 65.2 Å². The van der Waals surface area contributed by atoms with Crippen molar-refractivity contribution in [1.29, 1.82) is 0 Å². The Morgan fingerprint density at radius 1 is 1.11 bits per heavy atom. The predicted octanol–water partition coefficient (Wildman–Crippen LogP) is 3.60. The van der Waals surface area contributed by atoms with Crippen molar-refractivity contribution in [1.82, 2.24) is 10.4 Å². The molecule has 6 nitrogen and oxygen atoms in total. The molecular formula is C22H22N4O2. The van der Waals surface area contributed by atoms with Gasteiger partial charge in [-0.1, -0.05) is 18.2 Å². The maximum Gasteiger partial charge on any atom is 0.269 e. The fraction of sp³-hybridized carbons (Fsp3) is 0.227. The first-order valence-electron chi connectivity index (χ1n) is 9.37. The average Bonchev–Trinajstić information content (AvgIpc) is 2.71. The van der Waals surface area contributed by atoms with E-state index in [1.165, 1.54) is 0 Å². The smallest absolute Gasteiger partial charge is 0.269 e. The number of carbonyl (C=O) groups is 2. The molecule has 2 N–H and O–H groups in total. The molecule has 142 valence electrons. The highest BCUT2D eigenvalue weighted by Gasteiger charge is 2.21. The lowest BCUT2D eigenvalue weighted by molar-refractivity contribution is -0.116. The predicted molar refractivity (Wildman–Crippen MR) is 110 cm³/mol. The topological polar surface area (TPSA) is 74.3 Å². The zero-order valence-electron chi connectivity index (χ0n) is 16.0. The summed E-state index contributed by atoms with van der Waals surface area (Å²) in [4.78, 5) is 30.7. The number of hydrogen-bond acceptors (Lipinski definition) is 4. The maximum absolute atomic E-state index is 12.6. The molecule has 0 spiro atoms. The van der Waals surface area contributed by atoms with Crippen LogP contribution in [0.4, 0.5) is 11.5 Å². The molecule has 0 saturated heterocycles. The van der Waals surface area contributed by atoms with E-state index in [4.69, 9.17) is 0 Å². The van der Waals surface area contributed by atoms with Crippen molar-refractivity contribution >= 4 is 34.2 Å². The fourth-order valence-electron chi connectivity index (χ4n) is 3.60. The molecule has 0 radical (unpaired) electrons. The van der Waals surface area contributed by atoms with Gasteiger partial charge in [-0.2, -0.15) is 0 Å². The number of anilines is 2. The Morgan fingerprint density at radius 3 is 2.75 bits per heavy atom. The zero-order valence-corrected chi connectivity index (χ0v) is 16.0. The average molecular weight is 374 g/mol. The van der Waals surface area contributed by atoms with E-state index >= 15 is 0 Å². The van der Waals surface area contributed by atoms with Crippen molar-refractivity contribution in [2.75, 3.05) is 16.9 Å². The summed E-state index contributed by atoms with van der Waals surface area (Å²) in [6.45, 7) is 4.24. The van der Waals surface area contributed by atoms with Gasteiger partial charge in [-0.05, 0) is 61.2 Å². The fourth-order valence-corrected chi connectivity index (χ4v) is 3.60. The summed E-state index contributed by atoms with van der Waals surface area (Å²) in [5.74, 6) is 0.405. The molecule has 2 aromatic carbocycles. The molecule has 2 heterocycles. The van der Waals surface area contributed by atoms with Crippen molar-refractivity contribution < 1.29 is 9.59 Å². The molecule has 0 unspecified atom stereocenters. The van der Waals surface area contributed by atoms with Gasteiger partial charge < -0.3 is 4.90 Å². The third kappa shape index (κ3) is 3.41. The van der Waals surface area contributed by atoms with E-state index < -0.39 is 0 Å². The Bertz CT molecular complexity index is 1080. The monoisotopic (exact) mass is 374 g/mol. The highest BCUT2D eigenvalue weighted by molar-refractivity contribution is 5.97. The Hall–Kier alpha value is -3.41. The first-order chi connectivity index (χ1) is 13.5. The highest BCUT2D eigenvalue weighted by atomic mass is 16.2. The highest BCUT2D eigenvalue weighted by Crippen LogP contribution is 2.28. The van der Waals surface area contributed by atoms with Gasteiger partial charge in [-0.15, -0.1) is 0 Å². The minimum absolute atomic E-state index is 0.0256. The molecule has 0 fully saturated rings. The SMILES string of the molecule is CC(=O)N1CCCc2cc(C(=O)NNc3nc4ccccc4cc3C)ccc21. The van der Waals surface area contributed by atoms with Gasteiger partial charge in [0.1, 0.15) is 5.82 Å². The molecule has 0 bridgehead atoms. The van der Waals surface area contributed by atoms with Crippen LogP contribution >= 0.6 is 0 Å². The summed E-state index contributed by atoms with van der Waals surface area (Å²) in [6.07, 6.45) is 1.76. The summed E-state index contributed by atoms with van der Waals surface area (Å²) >= 11 is 0. The molecule has 28 heavy (non-hydrogen) atoms. The first kappa shape index (κ1) is 18.0. The minimum atomic E-state index is -0.239. The van der Waals surface area contributed by atoms with Gasteiger partial charge >= 0.3 is 0 Å². The van der Waals surface area contributed by atoms with Crippen LogP contribution in [0.3, 0.4) is 0 Å². The third-order valence-electron chi connectivity index (χ3n) is 5.05. The molecule has 1 aromatic heterocycles. The van der Waals surface area contributed by atoms with Crippen LogP contribution in [0.2, 0.25) is 0 Å². The summed E-state index contributed by atoms with van der Waals surface area (Å²) < 4.78 is 0. The molecular weight excluding hydrogens is 352 g/mol. The van der Waals surface area contributed by atoms with Crippen molar-refractivity contribution in [2.24, 2.45) is 0 Å². The molecule has 1 aliphatic rings. The van der Waals surface area contributed by atoms with E-state index in [-0.39, 0.29) is 11.8 Å². The van der Waals surface area contributed by atoms with E-state index in [9.17, 15) is 9.59 Å². The lowest BCUT2D eigenvalue weighted by atomic mass is 9.99. The number of nitrogens with zero attached hydrogens (tertiary/aromatic N) is 2. The van der Waals surface area contributed by atoms with Crippen LogP contribution in [0, 0.1) is 6.92 Å². The molecule has 6 heteroatoms. The van der Waals surface area contributed by atoms with Gasteiger partial charge in [0.15, 0.2) is 0 Å². The Labute approximate surface area is 163 Å². The van der Waals surface area contributed by atoms with Gasteiger partial charge in [0.05, 0.1) is 5.52 Å². The summed E-state index contributed by atoms with van der Waals surface area (Å²) in [5, 5.41) is 1.06. The second-order valence-electron chi connectivity index (χ2n) is 7.04. The van der Waals surface area contributed by atoms with Crippen molar-refractivity contribution in [2.45, 2.75) is 26.7 Å².